The lowest BCUT2D eigenvalue weighted by molar-refractivity contribution is -0.131. The van der Waals surface area contributed by atoms with Crippen LogP contribution in [0.15, 0.2) is 109 Å². The van der Waals surface area contributed by atoms with Gasteiger partial charge in [-0.3, -0.25) is 29.4 Å². The van der Waals surface area contributed by atoms with Gasteiger partial charge in [-0.25, -0.2) is 0 Å². The summed E-state index contributed by atoms with van der Waals surface area (Å²) in [6.45, 7) is 1.34. The Balaban J connectivity index is 1.12. The monoisotopic (exact) mass is 634 g/mol. The van der Waals surface area contributed by atoms with Crippen LogP contribution in [-0.4, -0.2) is 77.3 Å². The van der Waals surface area contributed by atoms with Crippen molar-refractivity contribution in [2.45, 2.75) is 30.8 Å². The van der Waals surface area contributed by atoms with Gasteiger partial charge < -0.3 is 4.90 Å². The number of fused-ring (bicyclic) bond motifs is 1. The van der Waals surface area contributed by atoms with Gasteiger partial charge in [0.25, 0.3) is 5.91 Å². The molecule has 1 saturated heterocycles. The van der Waals surface area contributed by atoms with Crippen LogP contribution in [0.2, 0.25) is 0 Å². The highest BCUT2D eigenvalue weighted by Crippen LogP contribution is 2.52. The third-order valence-electron chi connectivity index (χ3n) is 9.57. The molecule has 48 heavy (non-hydrogen) atoms. The quantitative estimate of drug-likeness (QED) is 0.211. The van der Waals surface area contributed by atoms with Crippen LogP contribution in [0.3, 0.4) is 0 Å². The van der Waals surface area contributed by atoms with E-state index in [0.717, 1.165) is 16.8 Å². The second-order valence-electron chi connectivity index (χ2n) is 12.5. The van der Waals surface area contributed by atoms with Crippen molar-refractivity contribution in [2.24, 2.45) is 16.8 Å². The third-order valence-corrected chi connectivity index (χ3v) is 9.57. The summed E-state index contributed by atoms with van der Waals surface area (Å²) in [6, 6.07) is 26.0. The molecule has 1 aliphatic carbocycles. The predicted octanol–water partition coefficient (Wildman–Crippen LogP) is 3.50. The number of piperidine rings is 1. The van der Waals surface area contributed by atoms with Crippen LogP contribution in [-0.2, 0) is 17.6 Å². The number of amidine groups is 1. The largest absolute Gasteiger partial charge is 0.339 e. The maximum Gasteiger partial charge on any atom is 0.256 e. The molecule has 8 rings (SSSR count). The lowest BCUT2D eigenvalue weighted by Crippen LogP contribution is -2.48. The third kappa shape index (κ3) is 5.29. The Morgan fingerprint density at radius 3 is 2.08 bits per heavy atom. The second-order valence-corrected chi connectivity index (χ2v) is 12.5. The fraction of sp³-hybridized carbons (Fsp3) is 0.250. The number of benzene rings is 2. The Labute approximate surface area is 276 Å². The number of pyridine rings is 2. The first-order valence-corrected chi connectivity index (χ1v) is 15.9. The van der Waals surface area contributed by atoms with Crippen LogP contribution in [0.1, 0.15) is 33.5 Å². The maximum absolute atomic E-state index is 14.9. The Kier molecular flexibility index (Phi) is 7.29. The second kappa shape index (κ2) is 11.9. The SMILES string of the molecule is N#Cc1ccc(C(=O)CC2=NC(Cc3ccncc3)(Cc3ccncc3)C(=O)N2C2C3CN(c4nnnn4-c4ccccc4)CC32)cc1. The number of hydrogen-bond donors (Lipinski definition) is 0. The van der Waals surface area contributed by atoms with E-state index < -0.39 is 5.54 Å². The number of ketones is 1. The van der Waals surface area contributed by atoms with Crippen LogP contribution in [0.4, 0.5) is 5.95 Å². The van der Waals surface area contributed by atoms with Gasteiger partial charge in [-0.2, -0.15) is 9.94 Å². The molecule has 236 valence electrons. The molecule has 0 radical (unpaired) electrons. The van der Waals surface area contributed by atoms with Gasteiger partial charge in [0.15, 0.2) is 5.78 Å². The molecule has 0 bridgehead atoms. The van der Waals surface area contributed by atoms with E-state index in [2.05, 4.69) is 36.5 Å². The normalized spacial score (nSPS) is 20.7. The molecule has 0 spiro atoms. The van der Waals surface area contributed by atoms with Gasteiger partial charge in [-0.15, -0.1) is 0 Å². The van der Waals surface area contributed by atoms with Gasteiger partial charge in [0.1, 0.15) is 11.4 Å². The number of nitriles is 1. The van der Waals surface area contributed by atoms with Crippen molar-refractivity contribution >= 4 is 23.5 Å². The molecule has 3 aromatic heterocycles. The minimum atomic E-state index is -1.14. The van der Waals surface area contributed by atoms with E-state index in [0.29, 0.717) is 48.8 Å². The molecule has 2 unspecified atom stereocenters. The Morgan fingerprint density at radius 1 is 0.854 bits per heavy atom. The van der Waals surface area contributed by atoms with Gasteiger partial charge in [-0.1, -0.05) is 35.4 Å². The first-order valence-electron chi connectivity index (χ1n) is 15.9. The van der Waals surface area contributed by atoms with E-state index >= 15 is 0 Å². The molecule has 1 amide bonds. The molecule has 2 atom stereocenters. The summed E-state index contributed by atoms with van der Waals surface area (Å²) in [6.07, 6.45) is 7.56. The molecule has 5 heterocycles. The van der Waals surface area contributed by atoms with Gasteiger partial charge >= 0.3 is 0 Å². The number of rotatable bonds is 10. The number of para-hydroxylation sites is 1. The van der Waals surface area contributed by atoms with E-state index in [1.165, 1.54) is 0 Å². The van der Waals surface area contributed by atoms with E-state index in [-0.39, 0.29) is 36.0 Å². The molecule has 5 aromatic rings. The summed E-state index contributed by atoms with van der Waals surface area (Å²) >= 11 is 0. The smallest absolute Gasteiger partial charge is 0.256 e. The topological polar surface area (TPSA) is 146 Å². The van der Waals surface area contributed by atoms with Crippen LogP contribution >= 0.6 is 0 Å². The van der Waals surface area contributed by atoms with Crippen molar-refractivity contribution in [3.05, 3.63) is 126 Å². The number of nitrogens with zero attached hydrogens (tertiary/aromatic N) is 10. The standard InChI is InChI=1S/C36H30N10O2/c37-21-26-6-8-27(9-7-26)31(47)18-32-40-36(19-24-10-14-38-15-11-24,20-25-12-16-39-17-13-25)34(48)45(32)33-29-22-44(23-30(29)33)35-41-42-43-46(35)28-4-2-1-3-5-28/h1-17,29-30,33H,18-20,22-23H2. The number of aromatic nitrogens is 6. The lowest BCUT2D eigenvalue weighted by Gasteiger charge is -2.29. The highest BCUT2D eigenvalue weighted by Gasteiger charge is 2.64. The number of anilines is 1. The zero-order chi connectivity index (χ0) is 32.7. The van der Waals surface area contributed by atoms with Crippen LogP contribution in [0, 0.1) is 23.2 Å². The summed E-state index contributed by atoms with van der Waals surface area (Å²) in [7, 11) is 0. The Hall–Kier alpha value is -6.09. The van der Waals surface area contributed by atoms with Crippen molar-refractivity contribution in [3.63, 3.8) is 0 Å². The van der Waals surface area contributed by atoms with Crippen molar-refractivity contribution in [3.8, 4) is 11.8 Å². The molecule has 3 aliphatic rings. The molecule has 2 aromatic carbocycles. The molecular weight excluding hydrogens is 604 g/mol. The summed E-state index contributed by atoms with van der Waals surface area (Å²) in [5.41, 5.74) is 2.55. The maximum atomic E-state index is 14.9. The van der Waals surface area contributed by atoms with Crippen LogP contribution < -0.4 is 4.90 Å². The Morgan fingerprint density at radius 2 is 1.48 bits per heavy atom. The predicted molar refractivity (Wildman–Crippen MR) is 175 cm³/mol. The summed E-state index contributed by atoms with van der Waals surface area (Å²) in [5.74, 6) is 1.23. The van der Waals surface area contributed by atoms with Gasteiger partial charge in [0, 0.05) is 74.2 Å². The van der Waals surface area contributed by atoms with Gasteiger partial charge in [0.05, 0.1) is 23.7 Å². The average Bonchev–Trinajstić information content (AvgIpc) is 3.48. The van der Waals surface area contributed by atoms with E-state index in [1.807, 2.05) is 59.5 Å². The molecular formula is C36H30N10O2. The number of amides is 1. The van der Waals surface area contributed by atoms with Crippen LogP contribution in [0.5, 0.6) is 0 Å². The number of carbonyl (C=O) groups excluding carboxylic acids is 2. The van der Waals surface area contributed by atoms with Gasteiger partial charge in [0.2, 0.25) is 5.95 Å². The van der Waals surface area contributed by atoms with Crippen molar-refractivity contribution in [2.75, 3.05) is 18.0 Å². The highest BCUT2D eigenvalue weighted by molar-refractivity contribution is 6.17. The number of tetrazole rings is 1. The average molecular weight is 635 g/mol. The van der Waals surface area contributed by atoms with Crippen molar-refractivity contribution < 1.29 is 9.59 Å². The summed E-state index contributed by atoms with van der Waals surface area (Å²) in [5, 5.41) is 21.7. The summed E-state index contributed by atoms with van der Waals surface area (Å²) < 4.78 is 1.73. The first-order chi connectivity index (χ1) is 23.5. The van der Waals surface area contributed by atoms with E-state index in [9.17, 15) is 14.9 Å². The molecule has 0 N–H and O–H groups in total. The van der Waals surface area contributed by atoms with Gasteiger partial charge in [-0.05, 0) is 70.1 Å². The van der Waals surface area contributed by atoms with Crippen LogP contribution in [0.25, 0.3) is 5.69 Å². The summed E-state index contributed by atoms with van der Waals surface area (Å²) in [4.78, 5) is 46.1. The molecule has 1 saturated carbocycles. The van der Waals surface area contributed by atoms with E-state index in [4.69, 9.17) is 4.99 Å². The van der Waals surface area contributed by atoms with Crippen molar-refractivity contribution in [1.82, 2.24) is 35.1 Å². The first kappa shape index (κ1) is 29.3. The molecule has 2 aliphatic heterocycles. The fourth-order valence-electron chi connectivity index (χ4n) is 7.23. The molecule has 12 nitrogen and oxygen atoms in total. The molecule has 12 heteroatoms. The lowest BCUT2D eigenvalue weighted by atomic mass is 9.85. The number of hydrogen-bond acceptors (Lipinski definition) is 10. The highest BCUT2D eigenvalue weighted by atomic mass is 16.2. The molecule has 2 fully saturated rings. The minimum absolute atomic E-state index is 0.0298. The number of Topliss-reactive ketones (excluding diaryl/α,β-unsaturated/α-hetero) is 1. The number of aliphatic imine (C=N–C) groups is 1. The van der Waals surface area contributed by atoms with Crippen molar-refractivity contribution in [1.29, 1.82) is 5.26 Å². The fourth-order valence-corrected chi connectivity index (χ4v) is 7.23. The minimum Gasteiger partial charge on any atom is -0.339 e. The number of carbonyl (C=O) groups is 2. The Bertz CT molecular complexity index is 1990. The zero-order valence-corrected chi connectivity index (χ0v) is 25.9. The zero-order valence-electron chi connectivity index (χ0n) is 25.9. The van der Waals surface area contributed by atoms with E-state index in [1.54, 1.807) is 53.7 Å².